The van der Waals surface area contributed by atoms with Crippen LogP contribution in [0.3, 0.4) is 0 Å². The third kappa shape index (κ3) is 9.96. The van der Waals surface area contributed by atoms with Gasteiger partial charge in [0.15, 0.2) is 0 Å². The Morgan fingerprint density at radius 3 is 1.93 bits per heavy atom. The summed E-state index contributed by atoms with van der Waals surface area (Å²) in [6, 6.07) is 0. The molecule has 0 radical (unpaired) electrons. The first kappa shape index (κ1) is 14.7. The summed E-state index contributed by atoms with van der Waals surface area (Å²) >= 11 is 0. The van der Waals surface area contributed by atoms with Gasteiger partial charge in [-0.1, -0.05) is 6.92 Å². The van der Waals surface area contributed by atoms with Crippen molar-refractivity contribution in [3.05, 3.63) is 0 Å². The maximum atomic E-state index is 11.6. The smallest absolute Gasteiger partial charge is 0.377 e. The minimum Gasteiger partial charge on any atom is -0.377 e. The van der Waals surface area contributed by atoms with Gasteiger partial charge >= 0.3 is 6.18 Å². The van der Waals surface area contributed by atoms with Gasteiger partial charge in [-0.2, -0.15) is 13.2 Å². The molecule has 92 valence electrons. The van der Waals surface area contributed by atoms with Gasteiger partial charge in [-0.15, -0.1) is 0 Å². The molecule has 0 aliphatic heterocycles. The van der Waals surface area contributed by atoms with Crippen molar-refractivity contribution in [2.24, 2.45) is 5.73 Å². The molecule has 1 unspecified atom stereocenters. The predicted octanol–water partition coefficient (Wildman–Crippen LogP) is 1.71. The fourth-order valence-electron chi connectivity index (χ4n) is 0.713. The molecule has 3 nitrogen and oxygen atoms in total. The van der Waals surface area contributed by atoms with Gasteiger partial charge in [0.25, 0.3) is 0 Å². The molecule has 0 saturated carbocycles. The summed E-state index contributed by atoms with van der Waals surface area (Å²) in [6.45, 7) is 2.89. The van der Waals surface area contributed by atoms with E-state index in [-0.39, 0.29) is 13.2 Å². The number of halogens is 3. The summed E-state index contributed by atoms with van der Waals surface area (Å²) < 4.78 is 44.3. The van der Waals surface area contributed by atoms with E-state index < -0.39 is 18.3 Å². The molecule has 0 aromatic rings. The number of nitrogens with two attached hydrogens (primary N) is 1. The van der Waals surface area contributed by atoms with Crippen molar-refractivity contribution in [3.8, 4) is 0 Å². The highest BCUT2D eigenvalue weighted by Crippen LogP contribution is 2.14. The van der Waals surface area contributed by atoms with E-state index in [1.54, 1.807) is 0 Å². The molecule has 0 aliphatic rings. The van der Waals surface area contributed by atoms with Crippen molar-refractivity contribution < 1.29 is 22.6 Å². The molecule has 0 amide bonds. The van der Waals surface area contributed by atoms with Gasteiger partial charge in [0.05, 0.1) is 19.8 Å². The fraction of sp³-hybridized carbons (Fsp3) is 1.00. The van der Waals surface area contributed by atoms with Crippen LogP contribution in [-0.2, 0) is 9.47 Å². The van der Waals surface area contributed by atoms with Crippen molar-refractivity contribution in [1.82, 2.24) is 0 Å². The van der Waals surface area contributed by atoms with Gasteiger partial charge in [-0.3, -0.25) is 0 Å². The van der Waals surface area contributed by atoms with Crippen LogP contribution in [0.25, 0.3) is 0 Å². The largest absolute Gasteiger partial charge is 0.411 e. The van der Waals surface area contributed by atoms with E-state index in [9.17, 15) is 13.2 Å². The fourth-order valence-corrected chi connectivity index (χ4v) is 0.713. The summed E-state index contributed by atoms with van der Waals surface area (Å²) in [5, 5.41) is 0. The Bertz CT molecular complexity index is 171. The average Bonchev–Trinajstić information content (AvgIpc) is 2.09. The molecule has 6 heteroatoms. The summed E-state index contributed by atoms with van der Waals surface area (Å²) in [5.41, 5.74) is 5.33. The molecule has 0 heterocycles. The van der Waals surface area contributed by atoms with Crippen LogP contribution in [-0.4, -0.2) is 38.1 Å². The van der Waals surface area contributed by atoms with E-state index in [1.807, 2.05) is 13.8 Å². The molecule has 0 aromatic heterocycles. The van der Waals surface area contributed by atoms with Crippen LogP contribution in [0.2, 0.25) is 0 Å². The van der Waals surface area contributed by atoms with Crippen LogP contribution in [0.5, 0.6) is 0 Å². The van der Waals surface area contributed by atoms with E-state index in [0.29, 0.717) is 6.61 Å². The van der Waals surface area contributed by atoms with Crippen molar-refractivity contribution in [2.75, 3.05) is 26.4 Å². The molecule has 0 aliphatic carbocycles. The SMILES string of the molecule is CCC(C)(N)COCCOCC(F)(F)F. The Labute approximate surface area is 87.7 Å². The molecule has 0 aromatic carbocycles. The summed E-state index contributed by atoms with van der Waals surface area (Å²) in [6.07, 6.45) is -3.53. The van der Waals surface area contributed by atoms with Crippen LogP contribution >= 0.6 is 0 Å². The van der Waals surface area contributed by atoms with Gasteiger partial charge < -0.3 is 15.2 Å². The number of hydrogen-bond donors (Lipinski definition) is 1. The highest BCUT2D eigenvalue weighted by atomic mass is 19.4. The van der Waals surface area contributed by atoms with Crippen molar-refractivity contribution >= 4 is 0 Å². The van der Waals surface area contributed by atoms with Gasteiger partial charge in [0.2, 0.25) is 0 Å². The molecule has 0 saturated heterocycles. The number of ether oxygens (including phenoxy) is 2. The zero-order chi connectivity index (χ0) is 11.9. The Balaban J connectivity index is 3.33. The minimum atomic E-state index is -4.27. The second kappa shape index (κ2) is 6.30. The second-order valence-electron chi connectivity index (χ2n) is 3.73. The normalized spacial score (nSPS) is 16.4. The van der Waals surface area contributed by atoms with Crippen molar-refractivity contribution in [2.45, 2.75) is 32.0 Å². The third-order valence-electron chi connectivity index (χ3n) is 1.88. The van der Waals surface area contributed by atoms with Crippen molar-refractivity contribution in [1.29, 1.82) is 0 Å². The summed E-state index contributed by atoms with van der Waals surface area (Å²) in [4.78, 5) is 0. The van der Waals surface area contributed by atoms with Crippen LogP contribution in [0.1, 0.15) is 20.3 Å². The van der Waals surface area contributed by atoms with Crippen LogP contribution in [0, 0.1) is 0 Å². The molecule has 2 N–H and O–H groups in total. The summed E-state index contributed by atoms with van der Waals surface area (Å²) in [7, 11) is 0. The van der Waals surface area contributed by atoms with Gasteiger partial charge in [0.1, 0.15) is 6.61 Å². The van der Waals surface area contributed by atoms with Crippen LogP contribution in [0.4, 0.5) is 13.2 Å². The van der Waals surface area contributed by atoms with Gasteiger partial charge in [-0.05, 0) is 13.3 Å². The lowest BCUT2D eigenvalue weighted by molar-refractivity contribution is -0.176. The Hall–Kier alpha value is -0.330. The standard InChI is InChI=1S/C9H18F3NO2/c1-3-8(2,13)6-14-4-5-15-7-9(10,11)12/h3-7,13H2,1-2H3. The first-order chi connectivity index (χ1) is 6.77. The molecular weight excluding hydrogens is 211 g/mol. The first-order valence-corrected chi connectivity index (χ1v) is 4.78. The lowest BCUT2D eigenvalue weighted by Gasteiger charge is -2.22. The van der Waals surface area contributed by atoms with Gasteiger partial charge in [0, 0.05) is 5.54 Å². The molecule has 15 heavy (non-hydrogen) atoms. The Morgan fingerprint density at radius 1 is 1.07 bits per heavy atom. The van der Waals surface area contributed by atoms with Crippen molar-refractivity contribution in [3.63, 3.8) is 0 Å². The molecule has 0 rings (SSSR count). The number of rotatable bonds is 7. The van der Waals surface area contributed by atoms with Crippen LogP contribution < -0.4 is 5.73 Å². The Morgan fingerprint density at radius 2 is 1.53 bits per heavy atom. The lowest BCUT2D eigenvalue weighted by Crippen LogP contribution is -2.40. The number of hydrogen-bond acceptors (Lipinski definition) is 3. The maximum absolute atomic E-state index is 11.6. The summed E-state index contributed by atoms with van der Waals surface area (Å²) in [5.74, 6) is 0. The van der Waals surface area contributed by atoms with E-state index >= 15 is 0 Å². The van der Waals surface area contributed by atoms with E-state index in [4.69, 9.17) is 10.5 Å². The molecule has 0 bridgehead atoms. The van der Waals surface area contributed by atoms with Crippen LogP contribution in [0.15, 0.2) is 0 Å². The predicted molar refractivity (Wildman–Crippen MR) is 50.6 cm³/mol. The monoisotopic (exact) mass is 229 g/mol. The highest BCUT2D eigenvalue weighted by molar-refractivity contribution is 4.75. The lowest BCUT2D eigenvalue weighted by atomic mass is 10.0. The minimum absolute atomic E-state index is 0.0701. The number of alkyl halides is 3. The quantitative estimate of drug-likeness (QED) is 0.676. The maximum Gasteiger partial charge on any atom is 0.411 e. The van der Waals surface area contributed by atoms with E-state index in [1.165, 1.54) is 0 Å². The average molecular weight is 229 g/mol. The second-order valence-corrected chi connectivity index (χ2v) is 3.73. The first-order valence-electron chi connectivity index (χ1n) is 4.78. The van der Waals surface area contributed by atoms with Gasteiger partial charge in [-0.25, -0.2) is 0 Å². The molecule has 0 spiro atoms. The molecular formula is C9H18F3NO2. The van der Waals surface area contributed by atoms with E-state index in [0.717, 1.165) is 6.42 Å². The third-order valence-corrected chi connectivity index (χ3v) is 1.88. The topological polar surface area (TPSA) is 44.5 Å². The highest BCUT2D eigenvalue weighted by Gasteiger charge is 2.27. The van der Waals surface area contributed by atoms with E-state index in [2.05, 4.69) is 4.74 Å². The molecule has 1 atom stereocenters. The zero-order valence-corrected chi connectivity index (χ0v) is 9.06. The zero-order valence-electron chi connectivity index (χ0n) is 9.06. The Kier molecular flexibility index (Phi) is 6.16. The molecule has 0 fully saturated rings.